The quantitative estimate of drug-likeness (QED) is 0.652. The summed E-state index contributed by atoms with van der Waals surface area (Å²) < 4.78 is 0. The summed E-state index contributed by atoms with van der Waals surface area (Å²) >= 11 is 0. The number of para-hydroxylation sites is 1. The molecule has 0 radical (unpaired) electrons. The van der Waals surface area contributed by atoms with Crippen LogP contribution in [0, 0.1) is 0 Å². The van der Waals surface area contributed by atoms with Crippen molar-refractivity contribution >= 4 is 5.69 Å². The molecule has 1 heteroatoms. The summed E-state index contributed by atoms with van der Waals surface area (Å²) in [6.45, 7) is 10.8. The summed E-state index contributed by atoms with van der Waals surface area (Å²) in [6.07, 6.45) is 3.81. The molecule has 0 saturated carbocycles. The first-order valence-corrected chi connectivity index (χ1v) is 6.82. The Balaban J connectivity index is 2.27. The molecule has 0 bridgehead atoms. The maximum atomic E-state index is 2.66. The Morgan fingerprint density at radius 1 is 1.12 bits per heavy atom. The third-order valence-corrected chi connectivity index (χ3v) is 4.55. The second-order valence-corrected chi connectivity index (χ2v) is 6.94. The van der Waals surface area contributed by atoms with Gasteiger partial charge in [-0.15, -0.1) is 0 Å². The summed E-state index contributed by atoms with van der Waals surface area (Å²) in [5, 5.41) is 0. The van der Waals surface area contributed by atoms with Crippen molar-refractivity contribution in [2.45, 2.75) is 57.9 Å². The number of benzene rings is 1. The Labute approximate surface area is 105 Å². The number of rotatable bonds is 0. The number of hydrogen-bond donors (Lipinski definition) is 0. The van der Waals surface area contributed by atoms with Gasteiger partial charge in [0.15, 0.2) is 0 Å². The van der Waals surface area contributed by atoms with Gasteiger partial charge in [-0.1, -0.05) is 32.0 Å². The van der Waals surface area contributed by atoms with Crippen molar-refractivity contribution in [1.82, 2.24) is 0 Å². The first-order chi connectivity index (χ1) is 7.92. The molecule has 17 heavy (non-hydrogen) atoms. The van der Waals surface area contributed by atoms with E-state index >= 15 is 0 Å². The van der Waals surface area contributed by atoms with Crippen LogP contribution in [0.3, 0.4) is 0 Å². The lowest BCUT2D eigenvalue weighted by Gasteiger charge is -2.53. The minimum Gasteiger partial charge on any atom is -0.366 e. The maximum absolute atomic E-state index is 2.66. The molecule has 2 aliphatic heterocycles. The van der Waals surface area contributed by atoms with Crippen LogP contribution in [-0.4, -0.2) is 12.1 Å². The molecule has 0 amide bonds. The number of aryl methyl sites for hydroxylation is 1. The Bertz CT molecular complexity index is 457. The third kappa shape index (κ3) is 1.51. The van der Waals surface area contributed by atoms with Crippen LogP contribution in [0.1, 0.15) is 51.7 Å². The van der Waals surface area contributed by atoms with Crippen LogP contribution in [0.4, 0.5) is 5.69 Å². The molecule has 0 saturated heterocycles. The lowest BCUT2D eigenvalue weighted by molar-refractivity contribution is 0.299. The first-order valence-electron chi connectivity index (χ1n) is 6.82. The fourth-order valence-corrected chi connectivity index (χ4v) is 4.07. The normalized spacial score (nSPS) is 24.4. The van der Waals surface area contributed by atoms with Crippen LogP contribution in [0.15, 0.2) is 18.2 Å². The molecule has 0 aromatic heterocycles. The third-order valence-electron chi connectivity index (χ3n) is 4.55. The van der Waals surface area contributed by atoms with Gasteiger partial charge in [0.2, 0.25) is 0 Å². The van der Waals surface area contributed by atoms with Gasteiger partial charge in [0.05, 0.1) is 0 Å². The van der Waals surface area contributed by atoms with Crippen LogP contribution >= 0.6 is 0 Å². The number of nitrogens with zero attached hydrogens (tertiary/aromatic N) is 1. The molecule has 0 N–H and O–H groups in total. The Morgan fingerprint density at radius 2 is 1.88 bits per heavy atom. The maximum Gasteiger partial charge on any atom is 0.0441 e. The molecule has 0 spiro atoms. The van der Waals surface area contributed by atoms with E-state index in [1.54, 1.807) is 16.8 Å². The fourth-order valence-electron chi connectivity index (χ4n) is 4.07. The van der Waals surface area contributed by atoms with Crippen molar-refractivity contribution in [2.75, 3.05) is 11.4 Å². The van der Waals surface area contributed by atoms with E-state index in [2.05, 4.69) is 50.8 Å². The molecule has 0 atom stereocenters. The highest BCUT2D eigenvalue weighted by Crippen LogP contribution is 2.49. The molecule has 0 unspecified atom stereocenters. The van der Waals surface area contributed by atoms with Crippen molar-refractivity contribution in [3.63, 3.8) is 0 Å². The number of anilines is 1. The standard InChI is InChI=1S/C16H23N/c1-15(2)11-16(3,4)17-10-6-8-12-7-5-9-13(15)14(12)17/h5,7,9H,6,8,10-11H2,1-4H3. The van der Waals surface area contributed by atoms with Crippen LogP contribution in [0.2, 0.25) is 0 Å². The summed E-state index contributed by atoms with van der Waals surface area (Å²) in [4.78, 5) is 2.66. The van der Waals surface area contributed by atoms with Gasteiger partial charge in [0.25, 0.3) is 0 Å². The van der Waals surface area contributed by atoms with Gasteiger partial charge in [-0.2, -0.15) is 0 Å². The summed E-state index contributed by atoms with van der Waals surface area (Å²) in [6, 6.07) is 6.91. The molecule has 92 valence electrons. The van der Waals surface area contributed by atoms with E-state index in [-0.39, 0.29) is 0 Å². The lowest BCUT2D eigenvalue weighted by atomic mass is 9.68. The predicted octanol–water partition coefficient (Wildman–Crippen LogP) is 3.90. The summed E-state index contributed by atoms with van der Waals surface area (Å²) in [5.41, 5.74) is 5.29. The SMILES string of the molecule is CC1(C)CC(C)(C)N2CCCc3cccc1c32. The van der Waals surface area contributed by atoms with Gasteiger partial charge in [-0.3, -0.25) is 0 Å². The second-order valence-electron chi connectivity index (χ2n) is 6.94. The van der Waals surface area contributed by atoms with Gasteiger partial charge < -0.3 is 4.90 Å². The van der Waals surface area contributed by atoms with Crippen molar-refractivity contribution in [2.24, 2.45) is 0 Å². The van der Waals surface area contributed by atoms with Gasteiger partial charge in [-0.25, -0.2) is 0 Å². The van der Waals surface area contributed by atoms with Crippen molar-refractivity contribution in [3.8, 4) is 0 Å². The van der Waals surface area contributed by atoms with E-state index in [1.807, 2.05) is 0 Å². The van der Waals surface area contributed by atoms with Crippen molar-refractivity contribution < 1.29 is 0 Å². The minimum absolute atomic E-state index is 0.299. The lowest BCUT2D eigenvalue weighted by Crippen LogP contribution is -2.54. The highest BCUT2D eigenvalue weighted by atomic mass is 15.2. The summed E-state index contributed by atoms with van der Waals surface area (Å²) in [5.74, 6) is 0. The van der Waals surface area contributed by atoms with E-state index in [9.17, 15) is 0 Å². The molecule has 3 rings (SSSR count). The zero-order valence-electron chi connectivity index (χ0n) is 11.5. The highest BCUT2D eigenvalue weighted by molar-refractivity contribution is 5.67. The van der Waals surface area contributed by atoms with E-state index in [0.29, 0.717) is 11.0 Å². The molecular weight excluding hydrogens is 206 g/mol. The molecule has 1 aromatic carbocycles. The van der Waals surface area contributed by atoms with E-state index in [4.69, 9.17) is 0 Å². The monoisotopic (exact) mass is 229 g/mol. The van der Waals surface area contributed by atoms with Crippen LogP contribution < -0.4 is 4.90 Å². The second kappa shape index (κ2) is 3.28. The van der Waals surface area contributed by atoms with Crippen LogP contribution in [0.25, 0.3) is 0 Å². The van der Waals surface area contributed by atoms with Crippen molar-refractivity contribution in [3.05, 3.63) is 29.3 Å². The highest BCUT2D eigenvalue weighted by Gasteiger charge is 2.43. The molecule has 0 aliphatic carbocycles. The van der Waals surface area contributed by atoms with E-state index in [0.717, 1.165) is 0 Å². The fraction of sp³-hybridized carbons (Fsp3) is 0.625. The topological polar surface area (TPSA) is 3.24 Å². The molecular formula is C16H23N. The van der Waals surface area contributed by atoms with Gasteiger partial charge in [0.1, 0.15) is 0 Å². The van der Waals surface area contributed by atoms with Crippen LogP contribution in [-0.2, 0) is 11.8 Å². The Kier molecular flexibility index (Phi) is 2.14. The van der Waals surface area contributed by atoms with Gasteiger partial charge in [0, 0.05) is 17.8 Å². The molecule has 2 aliphatic rings. The molecule has 2 heterocycles. The first kappa shape index (κ1) is 11.1. The molecule has 0 fully saturated rings. The zero-order valence-corrected chi connectivity index (χ0v) is 11.5. The van der Waals surface area contributed by atoms with Gasteiger partial charge >= 0.3 is 0 Å². The van der Waals surface area contributed by atoms with Crippen molar-refractivity contribution in [1.29, 1.82) is 0 Å². The van der Waals surface area contributed by atoms with Gasteiger partial charge in [-0.05, 0) is 49.7 Å². The van der Waals surface area contributed by atoms with E-state index < -0.39 is 0 Å². The molecule has 1 aromatic rings. The Hall–Kier alpha value is -0.980. The Morgan fingerprint density at radius 3 is 2.65 bits per heavy atom. The molecule has 1 nitrogen and oxygen atoms in total. The largest absolute Gasteiger partial charge is 0.366 e. The average Bonchev–Trinajstić information content (AvgIpc) is 2.24. The summed E-state index contributed by atoms with van der Waals surface area (Å²) in [7, 11) is 0. The minimum atomic E-state index is 0.299. The zero-order chi connectivity index (χ0) is 12.3. The van der Waals surface area contributed by atoms with Crippen LogP contribution in [0.5, 0.6) is 0 Å². The predicted molar refractivity (Wildman–Crippen MR) is 73.8 cm³/mol. The van der Waals surface area contributed by atoms with E-state index in [1.165, 1.54) is 25.8 Å². The number of hydrogen-bond acceptors (Lipinski definition) is 1. The average molecular weight is 229 g/mol. The smallest absolute Gasteiger partial charge is 0.0441 e.